The summed E-state index contributed by atoms with van der Waals surface area (Å²) >= 11 is 0. The van der Waals surface area contributed by atoms with Crippen LogP contribution in [0.15, 0.2) is 443 Å². The number of benzene rings is 22. The first-order valence-corrected chi connectivity index (χ1v) is 40.4. The lowest BCUT2D eigenvalue weighted by Gasteiger charge is -2.21. The third-order valence-corrected chi connectivity index (χ3v) is 23.6. The molecule has 0 atom stereocenters. The summed E-state index contributed by atoms with van der Waals surface area (Å²) in [5.41, 5.74) is 27.2. The Bertz CT molecular complexity index is 7070. The topological polar surface area (TPSA) is 0 Å². The molecule has 0 aromatic heterocycles. The van der Waals surface area contributed by atoms with Gasteiger partial charge in [0.2, 0.25) is 0 Å². The lowest BCUT2D eigenvalue weighted by Crippen LogP contribution is -2.10. The molecule has 116 heavy (non-hydrogen) atoms. The minimum absolute atomic E-state index is 0.138. The lowest BCUT2D eigenvalue weighted by molar-refractivity contribution is 0.591. The van der Waals surface area contributed by atoms with Gasteiger partial charge in [-0.1, -0.05) is 415 Å². The van der Waals surface area contributed by atoms with Gasteiger partial charge in [-0.3, -0.25) is 0 Å². The largest absolute Gasteiger partial charge is 0.0622 e. The molecule has 22 aromatic rings. The quantitative estimate of drug-likeness (QED) is 0.133. The Morgan fingerprint density at radius 2 is 0.397 bits per heavy atom. The SMILES string of the molecule is CC(C)(C)c1cc2ccc3cc(-c4ccccc4-c4ccccc4)cc4ccc(c1)c2c34.c1ccc(-c2cc3c(cc2-c2ccccc2)-c2cccc4cccc-3c24)cc1.c1ccc(-c2ccc3ccccc3c2)c(-c2ccc3ccccc3c2)c1.c1ccc2cc(-c3cccc4ccccc34)c(-c3cccc4ccccc34)cc2c1. The first-order chi connectivity index (χ1) is 57.2. The Balaban J connectivity index is 0.000000100. The highest BCUT2D eigenvalue weighted by molar-refractivity contribution is 6.24. The molecule has 546 valence electrons. The summed E-state index contributed by atoms with van der Waals surface area (Å²) < 4.78 is 0. The van der Waals surface area contributed by atoms with Gasteiger partial charge in [0.15, 0.2) is 0 Å². The van der Waals surface area contributed by atoms with Gasteiger partial charge in [0.1, 0.15) is 0 Å². The van der Waals surface area contributed by atoms with Crippen molar-refractivity contribution in [1.82, 2.24) is 0 Å². The second-order valence-corrected chi connectivity index (χ2v) is 31.7. The van der Waals surface area contributed by atoms with Crippen LogP contribution in [0.25, 0.3) is 208 Å². The first kappa shape index (κ1) is 70.5. The minimum atomic E-state index is 0.138. The van der Waals surface area contributed by atoms with Crippen LogP contribution in [0.4, 0.5) is 0 Å². The molecule has 0 heterocycles. The molecular formula is C116H82. The van der Waals surface area contributed by atoms with Crippen molar-refractivity contribution in [3.05, 3.63) is 448 Å². The van der Waals surface area contributed by atoms with Crippen LogP contribution in [0.5, 0.6) is 0 Å². The van der Waals surface area contributed by atoms with Crippen molar-refractivity contribution in [2.24, 2.45) is 0 Å². The van der Waals surface area contributed by atoms with Crippen molar-refractivity contribution in [2.75, 3.05) is 0 Å². The molecule has 0 amide bonds. The second-order valence-electron chi connectivity index (χ2n) is 31.7. The highest BCUT2D eigenvalue weighted by Crippen LogP contribution is 2.52. The standard InChI is InChI=1S/C32H26.C30H20.C28H18.C26H18/c1-32(2,3)27-19-24-15-13-22-17-26(18-23-14-16-25(20-27)31(24)30(22)23)29-12-8-7-11-28(29)21-9-5-4-6-10-21;1-2-12-24-20-30(28-18-8-14-22-10-4-6-16-26(22)28)29(19-23(24)11-1)27-17-7-13-21-9-3-5-15-25(21)27;1-3-9-19(10-4-1)24-17-26-22-15-7-13-21-14-8-16-23(28(21)22)27(26)18-25(24)20-11-5-2-6-12-20;1-3-9-21-17-23(15-13-19(21)7-1)25-11-5-6-12-26(25)24-16-14-20-8-2-4-10-22(20)18-24/h4-20H,1-3H3;1-20H;1-18H;1-18H. The summed E-state index contributed by atoms with van der Waals surface area (Å²) in [6.07, 6.45) is 0. The molecule has 0 N–H and O–H groups in total. The third-order valence-electron chi connectivity index (χ3n) is 23.6. The molecule has 0 heteroatoms. The Kier molecular flexibility index (Phi) is 18.3. The predicted molar refractivity (Wildman–Crippen MR) is 501 cm³/mol. The molecule has 1 aliphatic rings. The summed E-state index contributed by atoms with van der Waals surface area (Å²) in [5.74, 6) is 0. The normalized spacial score (nSPS) is 11.6. The zero-order valence-electron chi connectivity index (χ0n) is 65.1. The van der Waals surface area contributed by atoms with Crippen LogP contribution in [-0.4, -0.2) is 0 Å². The van der Waals surface area contributed by atoms with Crippen LogP contribution < -0.4 is 0 Å². The van der Waals surface area contributed by atoms with Crippen molar-refractivity contribution >= 4 is 97.0 Å². The smallest absolute Gasteiger partial charge is 0.00264 e. The highest BCUT2D eigenvalue weighted by atomic mass is 14.3. The zero-order chi connectivity index (χ0) is 77.6. The molecule has 0 spiro atoms. The Morgan fingerprint density at radius 1 is 0.129 bits per heavy atom. The van der Waals surface area contributed by atoms with Gasteiger partial charge in [-0.25, -0.2) is 0 Å². The molecule has 0 unspecified atom stereocenters. The van der Waals surface area contributed by atoms with Crippen LogP contribution in [-0.2, 0) is 5.41 Å². The maximum absolute atomic E-state index is 2.39. The van der Waals surface area contributed by atoms with E-state index < -0.39 is 0 Å². The van der Waals surface area contributed by atoms with Gasteiger partial charge in [-0.15, -0.1) is 0 Å². The minimum Gasteiger partial charge on any atom is -0.0622 e. The molecule has 23 rings (SSSR count). The fraction of sp³-hybridized carbons (Fsp3) is 0.0345. The average molecular weight is 1480 g/mol. The fourth-order valence-corrected chi connectivity index (χ4v) is 17.9. The summed E-state index contributed by atoms with van der Waals surface area (Å²) in [7, 11) is 0. The summed E-state index contributed by atoms with van der Waals surface area (Å²) in [6, 6.07) is 161. The Labute approximate surface area is 678 Å². The van der Waals surface area contributed by atoms with Crippen LogP contribution >= 0.6 is 0 Å². The zero-order valence-corrected chi connectivity index (χ0v) is 65.1. The van der Waals surface area contributed by atoms with Gasteiger partial charge < -0.3 is 0 Å². The van der Waals surface area contributed by atoms with Crippen LogP contribution in [0.3, 0.4) is 0 Å². The lowest BCUT2D eigenvalue weighted by atomic mass is 9.83. The van der Waals surface area contributed by atoms with Gasteiger partial charge in [-0.2, -0.15) is 0 Å². The van der Waals surface area contributed by atoms with Gasteiger partial charge in [-0.05, 0) is 268 Å². The molecule has 0 saturated heterocycles. The van der Waals surface area contributed by atoms with E-state index in [0.29, 0.717) is 0 Å². The summed E-state index contributed by atoms with van der Waals surface area (Å²) in [4.78, 5) is 0. The van der Waals surface area contributed by atoms with E-state index in [4.69, 9.17) is 0 Å². The first-order valence-electron chi connectivity index (χ1n) is 40.4. The van der Waals surface area contributed by atoms with Crippen molar-refractivity contribution in [3.8, 4) is 111 Å². The fourth-order valence-electron chi connectivity index (χ4n) is 17.9. The van der Waals surface area contributed by atoms with E-state index in [1.54, 1.807) is 0 Å². The van der Waals surface area contributed by atoms with E-state index in [9.17, 15) is 0 Å². The van der Waals surface area contributed by atoms with E-state index >= 15 is 0 Å². The molecule has 22 aromatic carbocycles. The summed E-state index contributed by atoms with van der Waals surface area (Å²) in [5, 5.41) is 23.5. The van der Waals surface area contributed by atoms with Gasteiger partial charge >= 0.3 is 0 Å². The van der Waals surface area contributed by atoms with Crippen molar-refractivity contribution in [1.29, 1.82) is 0 Å². The van der Waals surface area contributed by atoms with E-state index in [-0.39, 0.29) is 5.41 Å². The number of hydrogen-bond acceptors (Lipinski definition) is 0. The summed E-state index contributed by atoms with van der Waals surface area (Å²) in [6.45, 7) is 6.86. The molecule has 0 saturated carbocycles. The Hall–Kier alpha value is -14.6. The van der Waals surface area contributed by atoms with Gasteiger partial charge in [0.05, 0.1) is 0 Å². The number of fused-ring (bicyclic) bond motifs is 8. The molecule has 0 nitrogen and oxygen atoms in total. The van der Waals surface area contributed by atoms with Crippen molar-refractivity contribution in [2.45, 2.75) is 26.2 Å². The maximum Gasteiger partial charge on any atom is -0.00264 e. The molecule has 0 fully saturated rings. The molecule has 0 bridgehead atoms. The van der Waals surface area contributed by atoms with Crippen LogP contribution in [0.1, 0.15) is 26.3 Å². The van der Waals surface area contributed by atoms with E-state index in [2.05, 4.69) is 464 Å². The van der Waals surface area contributed by atoms with E-state index in [1.165, 1.54) is 214 Å². The van der Waals surface area contributed by atoms with E-state index in [0.717, 1.165) is 0 Å². The third kappa shape index (κ3) is 13.4. The predicted octanol–water partition coefficient (Wildman–Crippen LogP) is 32.8. The van der Waals surface area contributed by atoms with Gasteiger partial charge in [0.25, 0.3) is 0 Å². The monoisotopic (exact) mass is 1470 g/mol. The Morgan fingerprint density at radius 3 is 0.802 bits per heavy atom. The second kappa shape index (κ2) is 30.2. The van der Waals surface area contributed by atoms with E-state index in [1.807, 2.05) is 0 Å². The molecule has 0 radical (unpaired) electrons. The van der Waals surface area contributed by atoms with Crippen molar-refractivity contribution < 1.29 is 0 Å². The number of hydrogen-bond donors (Lipinski definition) is 0. The van der Waals surface area contributed by atoms with Crippen LogP contribution in [0.2, 0.25) is 0 Å². The molecule has 1 aliphatic carbocycles. The highest BCUT2D eigenvalue weighted by Gasteiger charge is 2.25. The number of rotatable bonds is 8. The van der Waals surface area contributed by atoms with Gasteiger partial charge in [0, 0.05) is 0 Å². The maximum atomic E-state index is 2.39. The molecular weight excluding hydrogens is 1390 g/mol. The van der Waals surface area contributed by atoms with Crippen LogP contribution in [0, 0.1) is 0 Å². The van der Waals surface area contributed by atoms with Crippen molar-refractivity contribution in [3.63, 3.8) is 0 Å². The molecule has 0 aliphatic heterocycles. The average Bonchev–Trinajstić information content (AvgIpc) is 1.40.